The molecule has 6 aromatic carbocycles. The van der Waals surface area contributed by atoms with Gasteiger partial charge in [-0.1, -0.05) is 108 Å². The van der Waals surface area contributed by atoms with Crippen LogP contribution in [0.1, 0.15) is 5.56 Å². The number of halogens is 3. The van der Waals surface area contributed by atoms with Crippen LogP contribution in [-0.4, -0.2) is 9.97 Å². The van der Waals surface area contributed by atoms with Crippen LogP contribution in [0.4, 0.5) is 13.2 Å². The van der Waals surface area contributed by atoms with Gasteiger partial charge in [-0.3, -0.25) is 0 Å². The average molecular weight is 864 g/mol. The van der Waals surface area contributed by atoms with Crippen LogP contribution in [0.2, 0.25) is 0 Å². The van der Waals surface area contributed by atoms with Crippen molar-refractivity contribution in [3.05, 3.63) is 164 Å². The minimum Gasteiger partial charge on any atom is -0.501 e. The number of rotatable bonds is 6. The summed E-state index contributed by atoms with van der Waals surface area (Å²) < 4.78 is 52.5. The number of ether oxygens (including phenoxy) is 1. The van der Waals surface area contributed by atoms with Crippen LogP contribution in [0.25, 0.3) is 83.0 Å². The van der Waals surface area contributed by atoms with Crippen molar-refractivity contribution in [1.29, 1.82) is 0 Å². The molecule has 0 aliphatic rings. The fourth-order valence-electron chi connectivity index (χ4n) is 6.57. The van der Waals surface area contributed by atoms with E-state index in [1.165, 1.54) is 12.1 Å². The summed E-state index contributed by atoms with van der Waals surface area (Å²) in [5, 5.41) is 5.75. The van der Waals surface area contributed by atoms with Crippen LogP contribution in [0.15, 0.2) is 150 Å². The smallest absolute Gasteiger partial charge is 0.501 e. The van der Waals surface area contributed by atoms with E-state index in [-0.39, 0.29) is 26.6 Å². The molecule has 0 saturated carbocycles. The number of hydrogen-bond acceptors (Lipinski definition) is 4. The predicted octanol–water partition coefficient (Wildman–Crippen LogP) is 12.6. The Morgan fingerprint density at radius 3 is 2.08 bits per heavy atom. The van der Waals surface area contributed by atoms with Crippen molar-refractivity contribution in [1.82, 2.24) is 9.97 Å². The molecule has 0 atom stereocenters. The molecule has 9 rings (SSSR count). The van der Waals surface area contributed by atoms with Crippen molar-refractivity contribution in [3.8, 4) is 45.1 Å². The Morgan fingerprint density at radius 1 is 0.596 bits per heavy atom. The summed E-state index contributed by atoms with van der Waals surface area (Å²) in [6.45, 7) is 0. The van der Waals surface area contributed by atoms with E-state index in [2.05, 4.69) is 40.3 Å². The maximum absolute atomic E-state index is 13.8. The zero-order chi connectivity index (χ0) is 34.5. The van der Waals surface area contributed by atoms with E-state index in [9.17, 15) is 13.2 Å². The third-order valence-corrected chi connectivity index (χ3v) is 8.94. The van der Waals surface area contributed by atoms with Gasteiger partial charge in [0.15, 0.2) is 5.83 Å². The zero-order valence-electron chi connectivity index (χ0n) is 26.9. The minimum absolute atomic E-state index is 0. The van der Waals surface area contributed by atoms with Gasteiger partial charge in [0.2, 0.25) is 0 Å². The maximum atomic E-state index is 13.8. The van der Waals surface area contributed by atoms with Gasteiger partial charge in [0.05, 0.1) is 5.58 Å². The van der Waals surface area contributed by atoms with Crippen LogP contribution in [0.5, 0.6) is 11.5 Å². The van der Waals surface area contributed by atoms with Gasteiger partial charge in [0.25, 0.3) is 0 Å². The Morgan fingerprint density at radius 2 is 1.33 bits per heavy atom. The van der Waals surface area contributed by atoms with Crippen molar-refractivity contribution >= 4 is 49.3 Å². The first kappa shape index (κ1) is 33.1. The van der Waals surface area contributed by atoms with Gasteiger partial charge in [-0.15, -0.1) is 23.8 Å². The maximum Gasteiger partial charge on any atom is 2.00 e. The van der Waals surface area contributed by atoms with Crippen molar-refractivity contribution in [2.24, 2.45) is 0 Å². The summed E-state index contributed by atoms with van der Waals surface area (Å²) in [5.41, 5.74) is 5.76. The first-order valence-corrected chi connectivity index (χ1v) is 16.1. The Bertz CT molecular complexity index is 2800. The first-order chi connectivity index (χ1) is 25.0. The van der Waals surface area contributed by atoms with E-state index in [1.807, 2.05) is 84.9 Å². The summed E-state index contributed by atoms with van der Waals surface area (Å²) in [5.74, 6) is -0.530. The number of aromatic nitrogens is 2. The van der Waals surface area contributed by atoms with Crippen LogP contribution >= 0.6 is 0 Å². The number of nitrogens with zero attached hydrogens (tertiary/aromatic N) is 2. The Labute approximate surface area is 310 Å². The SMILES string of the molecule is FC(F)=C(F)c1ccc(-c2ccc3ccc4c(ccc5oc6c(-c7ccccn7)[c-]c(Oc7[c-]c(-c8ccccn8)ccc7)cc6c54)c3c2)cc1.[Pt+2]. The van der Waals surface area contributed by atoms with Gasteiger partial charge in [0.1, 0.15) is 5.58 Å². The average Bonchev–Trinajstić information content (AvgIpc) is 3.57. The quantitative estimate of drug-likeness (QED) is 0.123. The van der Waals surface area contributed by atoms with Gasteiger partial charge < -0.3 is 19.1 Å². The molecule has 0 saturated heterocycles. The van der Waals surface area contributed by atoms with Crippen LogP contribution in [0.3, 0.4) is 0 Å². The molecular weight excluding hydrogens is 841 g/mol. The number of benzene rings is 6. The van der Waals surface area contributed by atoms with Crippen molar-refractivity contribution in [2.75, 3.05) is 0 Å². The molecule has 0 aliphatic heterocycles. The Balaban J connectivity index is 0.00000387. The summed E-state index contributed by atoms with van der Waals surface area (Å²) in [7, 11) is 0. The van der Waals surface area contributed by atoms with E-state index < -0.39 is 11.9 Å². The van der Waals surface area contributed by atoms with Crippen molar-refractivity contribution < 1.29 is 43.4 Å². The number of pyridine rings is 2. The number of fused-ring (bicyclic) bond motifs is 7. The summed E-state index contributed by atoms with van der Waals surface area (Å²) in [6, 6.07) is 46.0. The second kappa shape index (κ2) is 13.6. The van der Waals surface area contributed by atoms with E-state index in [4.69, 9.17) is 9.15 Å². The Hall–Kier alpha value is -6.04. The molecule has 0 unspecified atom stereocenters. The van der Waals surface area contributed by atoms with E-state index >= 15 is 0 Å². The third kappa shape index (κ3) is 5.93. The molecule has 0 spiro atoms. The fourth-order valence-corrected chi connectivity index (χ4v) is 6.57. The molecule has 0 amide bonds. The Kier molecular flexibility index (Phi) is 8.66. The first-order valence-electron chi connectivity index (χ1n) is 16.1. The molecule has 0 fully saturated rings. The largest absolute Gasteiger partial charge is 2.00 e. The van der Waals surface area contributed by atoms with Crippen LogP contribution < -0.4 is 4.74 Å². The molecule has 8 heteroatoms. The van der Waals surface area contributed by atoms with Crippen LogP contribution in [0, 0.1) is 12.1 Å². The molecule has 52 heavy (non-hydrogen) atoms. The molecule has 4 nitrogen and oxygen atoms in total. The molecule has 3 heterocycles. The molecule has 0 bridgehead atoms. The standard InChI is InChI=1S/C44H23F3N2O2.Pt/c45-42(44(46)47)28-13-10-26(11-14-28)29-15-12-27-16-17-34-33(35(27)23-29)18-19-40-41(34)37-25-32(24-36(43(37)51-40)39-9-2-4-21-49-39)50-31-7-5-6-30(22-31)38-8-1-3-20-48-38;/h1-21,23,25H;/q-2;+2. The van der Waals surface area contributed by atoms with Gasteiger partial charge in [-0.2, -0.15) is 8.78 Å². The van der Waals surface area contributed by atoms with Crippen molar-refractivity contribution in [2.45, 2.75) is 0 Å². The number of hydrogen-bond donors (Lipinski definition) is 0. The molecule has 9 aromatic rings. The van der Waals surface area contributed by atoms with Gasteiger partial charge in [-0.25, -0.2) is 4.39 Å². The second-order valence-electron chi connectivity index (χ2n) is 12.0. The molecular formula is C44H23F3N2O2Pt. The summed E-state index contributed by atoms with van der Waals surface area (Å²) in [4.78, 5) is 9.07. The molecule has 0 N–H and O–H groups in total. The molecule has 0 aliphatic carbocycles. The van der Waals surface area contributed by atoms with Crippen molar-refractivity contribution in [3.63, 3.8) is 0 Å². The van der Waals surface area contributed by atoms with E-state index in [0.29, 0.717) is 33.9 Å². The van der Waals surface area contributed by atoms with Gasteiger partial charge in [0, 0.05) is 34.8 Å². The van der Waals surface area contributed by atoms with Gasteiger partial charge in [-0.05, 0) is 68.3 Å². The zero-order valence-corrected chi connectivity index (χ0v) is 29.2. The van der Waals surface area contributed by atoms with Crippen LogP contribution in [-0.2, 0) is 21.1 Å². The van der Waals surface area contributed by atoms with Gasteiger partial charge >= 0.3 is 27.1 Å². The second-order valence-corrected chi connectivity index (χ2v) is 12.0. The normalized spacial score (nSPS) is 11.2. The third-order valence-electron chi connectivity index (χ3n) is 8.94. The monoisotopic (exact) mass is 863 g/mol. The molecule has 0 radical (unpaired) electrons. The summed E-state index contributed by atoms with van der Waals surface area (Å²) >= 11 is 0. The summed E-state index contributed by atoms with van der Waals surface area (Å²) in [6.07, 6.45) is 1.14. The minimum atomic E-state index is -2.34. The molecule has 3 aromatic heterocycles. The molecule has 252 valence electrons. The topological polar surface area (TPSA) is 48.2 Å². The number of furan rings is 1. The van der Waals surface area contributed by atoms with E-state index in [1.54, 1.807) is 24.5 Å². The predicted molar refractivity (Wildman–Crippen MR) is 195 cm³/mol. The van der Waals surface area contributed by atoms with E-state index in [0.717, 1.165) is 54.7 Å². The fraction of sp³-hybridized carbons (Fsp3) is 0.